The van der Waals surface area contributed by atoms with Crippen molar-refractivity contribution in [3.8, 4) is 5.75 Å². The molecule has 0 saturated carbocycles. The van der Waals surface area contributed by atoms with Crippen LogP contribution in [-0.2, 0) is 17.7 Å². The molecule has 2 unspecified atom stereocenters. The maximum Gasteiger partial charge on any atom is 0.119 e. The van der Waals surface area contributed by atoms with Gasteiger partial charge in [0, 0.05) is 38.2 Å². The number of fused-ring (bicyclic) bond motifs is 1. The van der Waals surface area contributed by atoms with Crippen molar-refractivity contribution in [2.24, 2.45) is 0 Å². The monoisotopic (exact) mass is 472 g/mol. The van der Waals surface area contributed by atoms with Gasteiger partial charge >= 0.3 is 0 Å². The summed E-state index contributed by atoms with van der Waals surface area (Å²) < 4.78 is 12.5. The standard InChI is InChI=1S/C31H40N2O2/c1-30(2)15-18-33(30)17-7-19-35-27-9-5-8-24(21-27)28-10-6-11-29(31(28,3)34-4)25-12-13-26-22-32-16-14-23(26)20-25/h5-6,8-13,20-21,29,32H,7,14-19,22H2,1-4H3. The van der Waals surface area contributed by atoms with Crippen molar-refractivity contribution in [1.29, 1.82) is 0 Å². The molecule has 4 nitrogen and oxygen atoms in total. The topological polar surface area (TPSA) is 33.7 Å². The molecule has 186 valence electrons. The number of allylic oxidation sites excluding steroid dienone is 2. The van der Waals surface area contributed by atoms with Crippen molar-refractivity contribution in [3.63, 3.8) is 0 Å². The number of hydrogen-bond donors (Lipinski definition) is 1. The van der Waals surface area contributed by atoms with Crippen LogP contribution in [0.2, 0.25) is 0 Å². The Morgan fingerprint density at radius 3 is 2.74 bits per heavy atom. The molecular weight excluding hydrogens is 432 g/mol. The van der Waals surface area contributed by atoms with Gasteiger partial charge in [0.1, 0.15) is 11.4 Å². The van der Waals surface area contributed by atoms with Crippen LogP contribution in [0.3, 0.4) is 0 Å². The van der Waals surface area contributed by atoms with E-state index in [2.05, 4.69) is 91.7 Å². The molecule has 0 aromatic heterocycles. The summed E-state index contributed by atoms with van der Waals surface area (Å²) in [5.41, 5.74) is 6.44. The number of methoxy groups -OCH3 is 1. The zero-order valence-corrected chi connectivity index (χ0v) is 21.8. The number of likely N-dealkylation sites (tertiary alicyclic amines) is 1. The molecule has 0 bridgehead atoms. The second-order valence-corrected chi connectivity index (χ2v) is 11.0. The van der Waals surface area contributed by atoms with Gasteiger partial charge in [-0.3, -0.25) is 4.90 Å². The normalized spacial score (nSPS) is 25.5. The molecule has 1 fully saturated rings. The summed E-state index contributed by atoms with van der Waals surface area (Å²) in [5, 5.41) is 3.47. The number of benzene rings is 2. The van der Waals surface area contributed by atoms with Crippen molar-refractivity contribution in [3.05, 3.63) is 82.9 Å². The summed E-state index contributed by atoms with van der Waals surface area (Å²) in [4.78, 5) is 2.55. The number of rotatable bonds is 8. The van der Waals surface area contributed by atoms with Crippen molar-refractivity contribution in [2.75, 3.05) is 33.4 Å². The molecule has 0 radical (unpaired) electrons. The Morgan fingerprint density at radius 1 is 1.09 bits per heavy atom. The minimum atomic E-state index is -0.461. The van der Waals surface area contributed by atoms with Gasteiger partial charge in [-0.25, -0.2) is 0 Å². The largest absolute Gasteiger partial charge is 0.494 e. The second kappa shape index (κ2) is 9.93. The summed E-state index contributed by atoms with van der Waals surface area (Å²) in [6, 6.07) is 15.5. The minimum absolute atomic E-state index is 0.150. The Balaban J connectivity index is 1.31. The van der Waals surface area contributed by atoms with E-state index in [1.807, 2.05) is 7.11 Å². The highest BCUT2D eigenvalue weighted by molar-refractivity contribution is 5.77. The fourth-order valence-corrected chi connectivity index (χ4v) is 5.85. The Hall–Kier alpha value is -2.40. The lowest BCUT2D eigenvalue weighted by Crippen LogP contribution is -2.55. The summed E-state index contributed by atoms with van der Waals surface area (Å²) in [7, 11) is 1.83. The fourth-order valence-electron chi connectivity index (χ4n) is 5.85. The zero-order chi connectivity index (χ0) is 24.5. The summed E-state index contributed by atoms with van der Waals surface area (Å²) in [5.74, 6) is 1.08. The maximum atomic E-state index is 6.28. The molecular formula is C31H40N2O2. The molecule has 1 N–H and O–H groups in total. The predicted molar refractivity (Wildman–Crippen MR) is 144 cm³/mol. The van der Waals surface area contributed by atoms with Gasteiger partial charge in [0.2, 0.25) is 0 Å². The third-order valence-corrected chi connectivity index (χ3v) is 8.43. The number of nitrogens with zero attached hydrogens (tertiary/aromatic N) is 1. The lowest BCUT2D eigenvalue weighted by molar-refractivity contribution is 0.0123. The molecule has 2 aromatic carbocycles. The highest BCUT2D eigenvalue weighted by Crippen LogP contribution is 2.45. The predicted octanol–water partition coefficient (Wildman–Crippen LogP) is 5.73. The van der Waals surface area contributed by atoms with Crippen LogP contribution in [0.25, 0.3) is 5.57 Å². The van der Waals surface area contributed by atoms with E-state index in [4.69, 9.17) is 9.47 Å². The molecule has 2 aromatic rings. The van der Waals surface area contributed by atoms with E-state index in [0.717, 1.165) is 50.4 Å². The average Bonchev–Trinajstić information content (AvgIpc) is 2.88. The molecule has 0 amide bonds. The third-order valence-electron chi connectivity index (χ3n) is 8.43. The maximum absolute atomic E-state index is 6.28. The summed E-state index contributed by atoms with van der Waals surface area (Å²) >= 11 is 0. The van der Waals surface area contributed by atoms with E-state index in [-0.39, 0.29) is 5.92 Å². The number of nitrogens with one attached hydrogen (secondary N) is 1. The molecule has 2 aliphatic heterocycles. The van der Waals surface area contributed by atoms with E-state index in [1.165, 1.54) is 35.2 Å². The first kappa shape index (κ1) is 24.3. The first-order valence-corrected chi connectivity index (χ1v) is 13.2. The third kappa shape index (κ3) is 4.84. The second-order valence-electron chi connectivity index (χ2n) is 11.0. The van der Waals surface area contributed by atoms with Gasteiger partial charge in [0.05, 0.1) is 6.61 Å². The Kier molecular flexibility index (Phi) is 6.89. The van der Waals surface area contributed by atoms with Crippen LogP contribution in [0.5, 0.6) is 5.75 Å². The Bertz CT molecular complexity index is 1120. The molecule has 1 aliphatic carbocycles. The van der Waals surface area contributed by atoms with Crippen LogP contribution in [-0.4, -0.2) is 49.4 Å². The first-order chi connectivity index (χ1) is 16.9. The van der Waals surface area contributed by atoms with Gasteiger partial charge < -0.3 is 14.8 Å². The van der Waals surface area contributed by atoms with Crippen LogP contribution in [0.4, 0.5) is 0 Å². The van der Waals surface area contributed by atoms with Gasteiger partial charge in [0.15, 0.2) is 0 Å². The highest BCUT2D eigenvalue weighted by Gasteiger charge is 2.40. The van der Waals surface area contributed by atoms with Gasteiger partial charge in [-0.1, -0.05) is 48.6 Å². The first-order valence-electron chi connectivity index (χ1n) is 13.2. The van der Waals surface area contributed by atoms with Crippen molar-refractivity contribution < 1.29 is 9.47 Å². The molecule has 1 saturated heterocycles. The van der Waals surface area contributed by atoms with Crippen LogP contribution in [0.15, 0.2) is 60.7 Å². The van der Waals surface area contributed by atoms with Gasteiger partial charge in [-0.2, -0.15) is 0 Å². The lowest BCUT2D eigenvalue weighted by atomic mass is 9.72. The SMILES string of the molecule is COC1(C)C(c2cccc(OCCCN3CCC3(C)C)c2)=CC=CC1c1ccc2c(c1)CCNC2. The number of ether oxygens (including phenoxy) is 2. The van der Waals surface area contributed by atoms with Crippen LogP contribution in [0, 0.1) is 0 Å². The fraction of sp³-hybridized carbons (Fsp3) is 0.484. The Labute approximate surface area is 211 Å². The molecule has 0 spiro atoms. The highest BCUT2D eigenvalue weighted by atomic mass is 16.5. The zero-order valence-electron chi connectivity index (χ0n) is 21.8. The van der Waals surface area contributed by atoms with Gasteiger partial charge in [-0.15, -0.1) is 0 Å². The Morgan fingerprint density at radius 2 is 1.97 bits per heavy atom. The average molecular weight is 473 g/mol. The molecule has 2 heterocycles. The minimum Gasteiger partial charge on any atom is -0.494 e. The molecule has 2 atom stereocenters. The lowest BCUT2D eigenvalue weighted by Gasteiger charge is -2.48. The van der Waals surface area contributed by atoms with E-state index in [1.54, 1.807) is 0 Å². The van der Waals surface area contributed by atoms with Crippen molar-refractivity contribution in [1.82, 2.24) is 10.2 Å². The smallest absolute Gasteiger partial charge is 0.119 e. The summed E-state index contributed by atoms with van der Waals surface area (Å²) in [6.45, 7) is 11.9. The van der Waals surface area contributed by atoms with E-state index >= 15 is 0 Å². The van der Waals surface area contributed by atoms with Crippen LogP contribution >= 0.6 is 0 Å². The quantitative estimate of drug-likeness (QED) is 0.498. The number of hydrogen-bond acceptors (Lipinski definition) is 4. The molecule has 4 heteroatoms. The van der Waals surface area contributed by atoms with Crippen molar-refractivity contribution in [2.45, 2.75) is 63.6 Å². The van der Waals surface area contributed by atoms with Crippen LogP contribution in [0.1, 0.15) is 61.8 Å². The van der Waals surface area contributed by atoms with E-state index in [9.17, 15) is 0 Å². The van der Waals surface area contributed by atoms with Gasteiger partial charge in [0.25, 0.3) is 0 Å². The summed E-state index contributed by atoms with van der Waals surface area (Å²) in [6.07, 6.45) is 10.1. The van der Waals surface area contributed by atoms with E-state index in [0.29, 0.717) is 5.54 Å². The molecule has 35 heavy (non-hydrogen) atoms. The van der Waals surface area contributed by atoms with Gasteiger partial charge in [-0.05, 0) is 86.5 Å². The molecule has 5 rings (SSSR count). The van der Waals surface area contributed by atoms with E-state index < -0.39 is 5.60 Å². The van der Waals surface area contributed by atoms with Crippen molar-refractivity contribution >= 4 is 5.57 Å². The molecule has 3 aliphatic rings. The van der Waals surface area contributed by atoms with Crippen LogP contribution < -0.4 is 10.1 Å².